The molecule has 98 valence electrons. The molecule has 0 atom stereocenters. The maximum absolute atomic E-state index is 11.4. The molecule has 0 spiro atoms. The van der Waals surface area contributed by atoms with Crippen molar-refractivity contribution in [1.82, 2.24) is 10.2 Å². The highest BCUT2D eigenvalue weighted by Crippen LogP contribution is 2.20. The van der Waals surface area contributed by atoms with Gasteiger partial charge in [-0.15, -0.1) is 0 Å². The van der Waals surface area contributed by atoms with Crippen molar-refractivity contribution in [3.8, 4) is 6.07 Å². The second kappa shape index (κ2) is 8.08. The lowest BCUT2D eigenvalue weighted by molar-refractivity contribution is -0.122. The van der Waals surface area contributed by atoms with Crippen molar-refractivity contribution in [2.45, 2.75) is 40.5 Å². The third kappa shape index (κ3) is 7.76. The van der Waals surface area contributed by atoms with E-state index in [4.69, 9.17) is 5.26 Å². The highest BCUT2D eigenvalue weighted by atomic mass is 16.2. The number of likely N-dealkylation sites (N-methyl/N-ethyl adjacent to an activating group) is 2. The average molecular weight is 239 g/mol. The van der Waals surface area contributed by atoms with Crippen molar-refractivity contribution in [2.24, 2.45) is 5.41 Å². The van der Waals surface area contributed by atoms with Gasteiger partial charge < -0.3 is 5.32 Å². The summed E-state index contributed by atoms with van der Waals surface area (Å²) in [6.07, 6.45) is 1.82. The quantitative estimate of drug-likeness (QED) is 0.702. The van der Waals surface area contributed by atoms with Crippen molar-refractivity contribution in [1.29, 1.82) is 5.26 Å². The molecule has 0 heterocycles. The second-order valence-corrected chi connectivity index (χ2v) is 4.92. The predicted molar refractivity (Wildman–Crippen MR) is 69.4 cm³/mol. The molecule has 0 fully saturated rings. The first kappa shape index (κ1) is 15.9. The molecule has 0 rings (SSSR count). The van der Waals surface area contributed by atoms with Crippen molar-refractivity contribution in [2.75, 3.05) is 26.2 Å². The lowest BCUT2D eigenvalue weighted by atomic mass is 9.90. The Morgan fingerprint density at radius 1 is 1.41 bits per heavy atom. The van der Waals surface area contributed by atoms with Crippen LogP contribution in [-0.4, -0.2) is 37.0 Å². The van der Waals surface area contributed by atoms with Crippen LogP contribution in [0.5, 0.6) is 0 Å². The molecule has 17 heavy (non-hydrogen) atoms. The Hall–Kier alpha value is -1.08. The van der Waals surface area contributed by atoms with Crippen LogP contribution in [0.2, 0.25) is 0 Å². The number of nitrogens with zero attached hydrogens (tertiary/aromatic N) is 2. The maximum Gasteiger partial charge on any atom is 0.234 e. The zero-order valence-electron chi connectivity index (χ0n) is 11.5. The summed E-state index contributed by atoms with van der Waals surface area (Å²) >= 11 is 0. The molecular formula is C13H25N3O. The van der Waals surface area contributed by atoms with Gasteiger partial charge in [0.1, 0.15) is 0 Å². The molecule has 0 unspecified atom stereocenters. The molecule has 0 aliphatic rings. The molecule has 0 saturated heterocycles. The van der Waals surface area contributed by atoms with Gasteiger partial charge in [-0.1, -0.05) is 6.92 Å². The molecule has 4 heteroatoms. The van der Waals surface area contributed by atoms with Crippen molar-refractivity contribution < 1.29 is 4.79 Å². The maximum atomic E-state index is 11.4. The van der Waals surface area contributed by atoms with E-state index in [0.717, 1.165) is 25.9 Å². The summed E-state index contributed by atoms with van der Waals surface area (Å²) < 4.78 is 0. The van der Waals surface area contributed by atoms with E-state index in [2.05, 4.69) is 23.2 Å². The Morgan fingerprint density at radius 3 is 2.53 bits per heavy atom. The topological polar surface area (TPSA) is 56.1 Å². The predicted octanol–water partition coefficient (Wildman–Crippen LogP) is 1.77. The van der Waals surface area contributed by atoms with E-state index in [0.29, 0.717) is 13.1 Å². The van der Waals surface area contributed by atoms with Gasteiger partial charge in [-0.2, -0.15) is 5.26 Å². The first-order valence-electron chi connectivity index (χ1n) is 6.35. The minimum atomic E-state index is -0.259. The third-order valence-electron chi connectivity index (χ3n) is 2.77. The lowest BCUT2D eigenvalue weighted by Gasteiger charge is -2.21. The molecule has 1 amide bonds. The van der Waals surface area contributed by atoms with Crippen molar-refractivity contribution >= 4 is 5.91 Å². The number of carbonyl (C=O) groups is 1. The molecule has 0 saturated carbocycles. The fraction of sp³-hybridized carbons (Fsp3) is 0.846. The van der Waals surface area contributed by atoms with Crippen LogP contribution in [0.1, 0.15) is 40.5 Å². The molecular weight excluding hydrogens is 214 g/mol. The second-order valence-electron chi connectivity index (χ2n) is 4.92. The normalized spacial score (nSPS) is 11.3. The highest BCUT2D eigenvalue weighted by molar-refractivity contribution is 5.77. The Bertz CT molecular complexity index is 268. The van der Waals surface area contributed by atoms with Crippen molar-refractivity contribution in [3.63, 3.8) is 0 Å². The summed E-state index contributed by atoms with van der Waals surface area (Å²) in [4.78, 5) is 13.5. The van der Waals surface area contributed by atoms with E-state index in [1.54, 1.807) is 0 Å². The molecule has 0 bridgehead atoms. The van der Waals surface area contributed by atoms with Crippen LogP contribution in [0.25, 0.3) is 0 Å². The van der Waals surface area contributed by atoms with Crippen LogP contribution < -0.4 is 5.32 Å². The molecule has 4 nitrogen and oxygen atoms in total. The molecule has 0 aromatic heterocycles. The summed E-state index contributed by atoms with van der Waals surface area (Å²) in [7, 11) is 0. The summed E-state index contributed by atoms with van der Waals surface area (Å²) in [6, 6.07) is 2.30. The number of amides is 1. The first-order valence-corrected chi connectivity index (χ1v) is 6.35. The lowest BCUT2D eigenvalue weighted by Crippen LogP contribution is -2.37. The fourth-order valence-electron chi connectivity index (χ4n) is 1.61. The zero-order valence-corrected chi connectivity index (χ0v) is 11.5. The Balaban J connectivity index is 3.91. The van der Waals surface area contributed by atoms with Crippen LogP contribution in [-0.2, 0) is 4.79 Å². The van der Waals surface area contributed by atoms with Gasteiger partial charge in [0.05, 0.1) is 18.0 Å². The van der Waals surface area contributed by atoms with Crippen LogP contribution in [0, 0.1) is 16.7 Å². The van der Waals surface area contributed by atoms with Crippen LogP contribution in [0.15, 0.2) is 0 Å². The van der Waals surface area contributed by atoms with E-state index in [9.17, 15) is 4.79 Å². The number of hydrogen-bond acceptors (Lipinski definition) is 3. The highest BCUT2D eigenvalue weighted by Gasteiger charge is 2.16. The van der Waals surface area contributed by atoms with Gasteiger partial charge in [0.15, 0.2) is 0 Å². The van der Waals surface area contributed by atoms with E-state index in [1.165, 1.54) is 0 Å². The van der Waals surface area contributed by atoms with Crippen LogP contribution in [0.4, 0.5) is 0 Å². The number of nitrogens with one attached hydrogen (secondary N) is 1. The summed E-state index contributed by atoms with van der Waals surface area (Å²) in [5.41, 5.74) is -0.259. The minimum Gasteiger partial charge on any atom is -0.355 e. The third-order valence-corrected chi connectivity index (χ3v) is 2.77. The Morgan fingerprint density at radius 2 is 2.06 bits per heavy atom. The fourth-order valence-corrected chi connectivity index (χ4v) is 1.61. The van der Waals surface area contributed by atoms with E-state index in [1.807, 2.05) is 20.8 Å². The van der Waals surface area contributed by atoms with Crippen LogP contribution >= 0.6 is 0 Å². The van der Waals surface area contributed by atoms with Gasteiger partial charge >= 0.3 is 0 Å². The Kier molecular flexibility index (Phi) is 7.56. The molecule has 1 N–H and O–H groups in total. The van der Waals surface area contributed by atoms with Crippen molar-refractivity contribution in [3.05, 3.63) is 0 Å². The minimum absolute atomic E-state index is 0.0777. The Labute approximate surface area is 105 Å². The standard InChI is InChI=1S/C13H25N3O/c1-5-15-12(17)10-16(6-2)9-7-8-13(3,4)11-14/h5-10H2,1-4H3,(H,15,17). The monoisotopic (exact) mass is 239 g/mol. The number of hydrogen-bond donors (Lipinski definition) is 1. The van der Waals surface area contributed by atoms with E-state index in [-0.39, 0.29) is 11.3 Å². The number of nitriles is 1. The van der Waals surface area contributed by atoms with Gasteiger partial charge in [0, 0.05) is 6.54 Å². The zero-order chi connectivity index (χ0) is 13.3. The molecule has 0 radical (unpaired) electrons. The smallest absolute Gasteiger partial charge is 0.234 e. The van der Waals surface area contributed by atoms with Gasteiger partial charge in [0.2, 0.25) is 5.91 Å². The SMILES string of the molecule is CCNC(=O)CN(CC)CCCC(C)(C)C#N. The molecule has 0 aromatic rings. The first-order chi connectivity index (χ1) is 7.95. The van der Waals surface area contributed by atoms with Gasteiger partial charge in [0.25, 0.3) is 0 Å². The summed E-state index contributed by atoms with van der Waals surface area (Å²) in [6.45, 7) is 10.7. The largest absolute Gasteiger partial charge is 0.355 e. The number of rotatable bonds is 8. The number of carbonyl (C=O) groups excluding carboxylic acids is 1. The summed E-state index contributed by atoms with van der Waals surface area (Å²) in [5, 5.41) is 11.7. The average Bonchev–Trinajstić information content (AvgIpc) is 2.28. The van der Waals surface area contributed by atoms with Gasteiger partial charge in [-0.25, -0.2) is 0 Å². The van der Waals surface area contributed by atoms with Crippen LogP contribution in [0.3, 0.4) is 0 Å². The van der Waals surface area contributed by atoms with E-state index < -0.39 is 0 Å². The molecule has 0 aromatic carbocycles. The summed E-state index contributed by atoms with van der Waals surface area (Å²) in [5.74, 6) is 0.0777. The van der Waals surface area contributed by atoms with Gasteiger partial charge in [-0.3, -0.25) is 9.69 Å². The van der Waals surface area contributed by atoms with E-state index >= 15 is 0 Å². The van der Waals surface area contributed by atoms with Gasteiger partial charge in [-0.05, 0) is 46.7 Å². The molecule has 0 aliphatic heterocycles. The molecule has 0 aliphatic carbocycles.